The van der Waals surface area contributed by atoms with Crippen LogP contribution >= 0.6 is 0 Å². The van der Waals surface area contributed by atoms with Gasteiger partial charge in [-0.05, 0) is 30.9 Å². The Morgan fingerprint density at radius 2 is 2.00 bits per heavy atom. The normalized spacial score (nSPS) is 15.9. The van der Waals surface area contributed by atoms with Gasteiger partial charge in [0, 0.05) is 0 Å². The van der Waals surface area contributed by atoms with Gasteiger partial charge >= 0.3 is 0 Å². The largest absolute Gasteiger partial charge is 0.336 e. The van der Waals surface area contributed by atoms with Crippen molar-refractivity contribution in [2.45, 2.75) is 18.9 Å². The summed E-state index contributed by atoms with van der Waals surface area (Å²) >= 11 is 0. The fourth-order valence-corrected chi connectivity index (χ4v) is 1.61. The van der Waals surface area contributed by atoms with Crippen molar-refractivity contribution < 1.29 is 18.0 Å². The van der Waals surface area contributed by atoms with Crippen LogP contribution in [0.4, 0.5) is 13.2 Å². The Kier molecular flexibility index (Phi) is 3.24. The molecule has 1 unspecified atom stereocenters. The molecule has 1 fully saturated rings. The van der Waals surface area contributed by atoms with Gasteiger partial charge in [0.15, 0.2) is 17.5 Å². The smallest absolute Gasteiger partial charge is 0.255 e. The maximum atomic E-state index is 13.3. The molecule has 2 rings (SSSR count). The molecule has 1 amide bonds. The molecule has 1 aliphatic carbocycles. The van der Waals surface area contributed by atoms with Crippen LogP contribution < -0.4 is 5.32 Å². The number of amides is 1. The molecule has 0 saturated heterocycles. The maximum Gasteiger partial charge on any atom is 0.255 e. The van der Waals surface area contributed by atoms with Crippen LogP contribution in [-0.2, 0) is 0 Å². The first-order valence-corrected chi connectivity index (χ1v) is 5.38. The van der Waals surface area contributed by atoms with Crippen LogP contribution in [0.5, 0.6) is 0 Å². The number of carbonyl (C=O) groups excluding carboxylic acids is 1. The van der Waals surface area contributed by atoms with E-state index in [0.717, 1.165) is 18.9 Å². The first-order valence-electron chi connectivity index (χ1n) is 5.38. The van der Waals surface area contributed by atoms with Gasteiger partial charge in [0.25, 0.3) is 5.91 Å². The summed E-state index contributed by atoms with van der Waals surface area (Å²) in [5.41, 5.74) is -0.602. The molecule has 1 aromatic rings. The first-order chi connectivity index (χ1) is 8.54. The highest BCUT2D eigenvalue weighted by molar-refractivity contribution is 5.94. The number of benzene rings is 1. The number of nitrogens with zero attached hydrogens (tertiary/aromatic N) is 1. The molecule has 0 heterocycles. The number of hydrogen-bond donors (Lipinski definition) is 1. The Bertz CT molecular complexity index is 535. The minimum absolute atomic E-state index is 0.0623. The topological polar surface area (TPSA) is 52.9 Å². The minimum atomic E-state index is -1.69. The van der Waals surface area contributed by atoms with Gasteiger partial charge in [-0.3, -0.25) is 4.79 Å². The van der Waals surface area contributed by atoms with E-state index in [2.05, 4.69) is 5.32 Å². The van der Waals surface area contributed by atoms with Gasteiger partial charge in [0.1, 0.15) is 6.04 Å². The van der Waals surface area contributed by atoms with Crippen molar-refractivity contribution in [1.82, 2.24) is 5.32 Å². The number of nitrogens with one attached hydrogen (secondary N) is 1. The third-order valence-corrected chi connectivity index (χ3v) is 2.80. The molecule has 3 nitrogen and oxygen atoms in total. The second-order valence-corrected chi connectivity index (χ2v) is 4.14. The fraction of sp³-hybridized carbons (Fsp3) is 0.333. The second kappa shape index (κ2) is 4.69. The molecule has 0 aliphatic heterocycles. The molecule has 6 heteroatoms. The summed E-state index contributed by atoms with van der Waals surface area (Å²) in [5, 5.41) is 11.1. The Labute approximate surface area is 101 Å². The molecule has 18 heavy (non-hydrogen) atoms. The van der Waals surface area contributed by atoms with Crippen molar-refractivity contribution in [3.8, 4) is 6.07 Å². The summed E-state index contributed by atoms with van der Waals surface area (Å²) in [5.74, 6) is -5.44. The van der Waals surface area contributed by atoms with Crippen LogP contribution in [0, 0.1) is 34.7 Å². The van der Waals surface area contributed by atoms with Gasteiger partial charge in [0.05, 0.1) is 11.6 Å². The number of hydrogen-bond acceptors (Lipinski definition) is 2. The molecule has 1 N–H and O–H groups in total. The van der Waals surface area contributed by atoms with Gasteiger partial charge in [-0.15, -0.1) is 0 Å². The lowest BCUT2D eigenvalue weighted by molar-refractivity contribution is 0.0936. The van der Waals surface area contributed by atoms with Gasteiger partial charge in [-0.25, -0.2) is 13.2 Å². The van der Waals surface area contributed by atoms with Crippen LogP contribution in [0.15, 0.2) is 12.1 Å². The zero-order valence-electron chi connectivity index (χ0n) is 9.21. The zero-order valence-corrected chi connectivity index (χ0v) is 9.21. The quantitative estimate of drug-likeness (QED) is 0.840. The van der Waals surface area contributed by atoms with Gasteiger partial charge < -0.3 is 5.32 Å². The van der Waals surface area contributed by atoms with E-state index in [1.165, 1.54) is 0 Å². The van der Waals surface area contributed by atoms with Crippen molar-refractivity contribution in [2.75, 3.05) is 0 Å². The first kappa shape index (κ1) is 12.4. The summed E-state index contributed by atoms with van der Waals surface area (Å²) in [6.07, 6.45) is 1.64. The fourth-order valence-electron chi connectivity index (χ4n) is 1.61. The van der Waals surface area contributed by atoms with E-state index in [9.17, 15) is 18.0 Å². The monoisotopic (exact) mass is 254 g/mol. The van der Waals surface area contributed by atoms with Crippen LogP contribution in [0.3, 0.4) is 0 Å². The van der Waals surface area contributed by atoms with E-state index in [1.807, 2.05) is 6.07 Å². The van der Waals surface area contributed by atoms with Gasteiger partial charge in [-0.2, -0.15) is 5.26 Å². The highest BCUT2D eigenvalue weighted by atomic mass is 19.2. The summed E-state index contributed by atoms with van der Waals surface area (Å²) in [6, 6.07) is 2.69. The van der Waals surface area contributed by atoms with Gasteiger partial charge in [0.2, 0.25) is 0 Å². The van der Waals surface area contributed by atoms with E-state index in [4.69, 9.17) is 5.26 Å². The molecular weight excluding hydrogens is 245 g/mol. The van der Waals surface area contributed by atoms with E-state index in [0.29, 0.717) is 6.07 Å². The number of carbonyl (C=O) groups is 1. The molecule has 0 spiro atoms. The molecule has 94 valence electrons. The van der Waals surface area contributed by atoms with E-state index < -0.39 is 35.0 Å². The van der Waals surface area contributed by atoms with E-state index in [-0.39, 0.29) is 5.92 Å². The number of rotatable bonds is 3. The zero-order chi connectivity index (χ0) is 13.3. The molecule has 0 radical (unpaired) electrons. The lowest BCUT2D eigenvalue weighted by Crippen LogP contribution is -2.35. The van der Waals surface area contributed by atoms with Crippen molar-refractivity contribution >= 4 is 5.91 Å². The molecule has 1 atom stereocenters. The Hall–Kier alpha value is -2.03. The standard InChI is InChI=1S/C12H9F3N2O/c13-8-4-3-7(10(14)11(8)15)12(18)17-9(5-16)6-1-2-6/h3-4,6,9H,1-2H2,(H,17,18). The van der Waals surface area contributed by atoms with Crippen molar-refractivity contribution in [3.05, 3.63) is 35.1 Å². The second-order valence-electron chi connectivity index (χ2n) is 4.14. The predicted molar refractivity (Wildman–Crippen MR) is 55.9 cm³/mol. The van der Waals surface area contributed by atoms with Crippen LogP contribution in [0.2, 0.25) is 0 Å². The number of nitriles is 1. The summed E-state index contributed by atoms with van der Waals surface area (Å²) < 4.78 is 39.0. The molecule has 0 aromatic heterocycles. The molecule has 1 saturated carbocycles. The highest BCUT2D eigenvalue weighted by Crippen LogP contribution is 2.32. The predicted octanol–water partition coefficient (Wildman–Crippen LogP) is 2.14. The van der Waals surface area contributed by atoms with Crippen molar-refractivity contribution in [3.63, 3.8) is 0 Å². The summed E-state index contributed by atoms with van der Waals surface area (Å²) in [6.45, 7) is 0. The Morgan fingerprint density at radius 1 is 1.33 bits per heavy atom. The molecule has 1 aromatic carbocycles. The van der Waals surface area contributed by atoms with Crippen LogP contribution in [0.1, 0.15) is 23.2 Å². The minimum Gasteiger partial charge on any atom is -0.336 e. The third kappa shape index (κ3) is 2.30. The average molecular weight is 254 g/mol. The Morgan fingerprint density at radius 3 is 2.56 bits per heavy atom. The lowest BCUT2D eigenvalue weighted by Gasteiger charge is -2.11. The van der Waals surface area contributed by atoms with Gasteiger partial charge in [-0.1, -0.05) is 0 Å². The Balaban J connectivity index is 2.19. The SMILES string of the molecule is N#CC(NC(=O)c1ccc(F)c(F)c1F)C1CC1. The van der Waals surface area contributed by atoms with Crippen LogP contribution in [0.25, 0.3) is 0 Å². The number of halogens is 3. The molecular formula is C12H9F3N2O. The lowest BCUT2D eigenvalue weighted by atomic mass is 10.1. The third-order valence-electron chi connectivity index (χ3n) is 2.80. The molecule has 0 bridgehead atoms. The summed E-state index contributed by atoms with van der Waals surface area (Å²) in [4.78, 5) is 11.6. The molecule has 1 aliphatic rings. The van der Waals surface area contributed by atoms with Crippen molar-refractivity contribution in [2.24, 2.45) is 5.92 Å². The van der Waals surface area contributed by atoms with Crippen molar-refractivity contribution in [1.29, 1.82) is 5.26 Å². The maximum absolute atomic E-state index is 13.3. The summed E-state index contributed by atoms with van der Waals surface area (Å²) in [7, 11) is 0. The van der Waals surface area contributed by atoms with E-state index in [1.54, 1.807) is 0 Å². The van der Waals surface area contributed by atoms with Crippen LogP contribution in [-0.4, -0.2) is 11.9 Å². The highest BCUT2D eigenvalue weighted by Gasteiger charge is 2.33. The average Bonchev–Trinajstić information content (AvgIpc) is 3.17. The van der Waals surface area contributed by atoms with E-state index >= 15 is 0 Å².